The zero-order chi connectivity index (χ0) is 44.3. The second kappa shape index (κ2) is 18.5. The lowest BCUT2D eigenvalue weighted by Crippen LogP contribution is -2.58. The van der Waals surface area contributed by atoms with Gasteiger partial charge in [-0.1, -0.05) is 57.1 Å². The summed E-state index contributed by atoms with van der Waals surface area (Å²) in [4.78, 5) is 78.6. The van der Waals surface area contributed by atoms with Crippen molar-refractivity contribution in [3.8, 4) is 17.4 Å². The molecule has 4 bridgehead atoms. The number of hydrogen-bond acceptors (Lipinski definition) is 12. The average molecular weight is 881 g/mol. The van der Waals surface area contributed by atoms with Gasteiger partial charge in [-0.15, -0.1) is 17.9 Å². The summed E-state index contributed by atoms with van der Waals surface area (Å²) >= 11 is 1.59. The average Bonchev–Trinajstić information content (AvgIpc) is 3.73. The number of rotatable bonds is 11. The van der Waals surface area contributed by atoms with Crippen LogP contribution in [0, 0.1) is 17.3 Å². The first-order valence-corrected chi connectivity index (χ1v) is 22.8. The van der Waals surface area contributed by atoms with Gasteiger partial charge in [0.2, 0.25) is 24.1 Å². The van der Waals surface area contributed by atoms with E-state index in [4.69, 9.17) is 28.9 Å². The lowest BCUT2D eigenvalue weighted by Gasteiger charge is -2.32. The van der Waals surface area contributed by atoms with Crippen molar-refractivity contribution in [2.75, 3.05) is 20.3 Å². The summed E-state index contributed by atoms with van der Waals surface area (Å²) < 4.78 is 24.9. The van der Waals surface area contributed by atoms with Crippen LogP contribution in [0.25, 0.3) is 10.9 Å². The number of carbonyl (C=O) groups excluding carboxylic acids is 5. The maximum atomic E-state index is 14.9. The van der Waals surface area contributed by atoms with E-state index in [0.717, 1.165) is 61.2 Å². The number of nitrogens with zero attached hydrogens (tertiary/aromatic N) is 3. The Balaban J connectivity index is 1.15. The minimum Gasteiger partial charge on any atom is -0.496 e. The van der Waals surface area contributed by atoms with Crippen molar-refractivity contribution >= 4 is 52.5 Å². The Labute approximate surface area is 371 Å². The number of alkyl carbamates (subject to hydrolysis) is 1. The van der Waals surface area contributed by atoms with Gasteiger partial charge in [-0.05, 0) is 67.9 Å². The fourth-order valence-corrected chi connectivity index (χ4v) is 10.4. The van der Waals surface area contributed by atoms with Gasteiger partial charge >= 0.3 is 6.09 Å². The smallest absolute Gasteiger partial charge is 0.407 e. The Morgan fingerprint density at radius 3 is 2.68 bits per heavy atom. The van der Waals surface area contributed by atoms with Crippen LogP contribution in [0.3, 0.4) is 0 Å². The highest BCUT2D eigenvalue weighted by Crippen LogP contribution is 2.45. The number of aromatic nitrogens is 2. The molecule has 6 atom stereocenters. The van der Waals surface area contributed by atoms with Crippen molar-refractivity contribution in [1.82, 2.24) is 30.8 Å². The number of aryl methyl sites for hydroxylation is 1. The lowest BCUT2D eigenvalue weighted by molar-refractivity contribution is -0.142. The first kappa shape index (κ1) is 43.9. The molecule has 0 radical (unpaired) electrons. The number of cyclic esters (lactones) is 1. The number of amides is 5. The van der Waals surface area contributed by atoms with E-state index in [2.05, 4.69) is 34.7 Å². The quantitative estimate of drug-likeness (QED) is 0.147. The molecule has 16 heteroatoms. The number of thiazole rings is 1. The summed E-state index contributed by atoms with van der Waals surface area (Å²) in [5, 5.41) is 11.7. The standard InChI is InChI=1S/C47H56N6O9S/c1-5-31-22-47(31,44(57)48-27-54)52-41(55)36-19-33-23-53(36)43(56)40(28-12-9-10-13-28)51-45(58)61-26-46(2,3)17-11-16-30-18-34-35(20-37(30)59-4)50-39(21-38(34)62-33)60-24-32-25-63-42(49-32)29-14-7-6-8-15-29/h5-8,14,18,20-21,25,27-29,31,33,36,40H,1,9-13,15-17,19,22-24,26H2,2-4H3,(H,51,58)(H,52,55)(H,48,54,57)/t29?,31?,33-,36+,40+,47-/m1/s1. The molecule has 3 aliphatic carbocycles. The third-order valence-electron chi connectivity index (χ3n) is 13.1. The maximum absolute atomic E-state index is 14.9. The first-order chi connectivity index (χ1) is 30.4. The van der Waals surface area contributed by atoms with Crippen LogP contribution < -0.4 is 30.2 Å². The van der Waals surface area contributed by atoms with Gasteiger partial charge in [0.15, 0.2) is 0 Å². The minimum absolute atomic E-state index is 0.00224. The Bertz CT molecular complexity index is 2320. The Hall–Kier alpha value is -5.77. The summed E-state index contributed by atoms with van der Waals surface area (Å²) in [5.74, 6) is -0.666. The normalized spacial score (nSPS) is 27.1. The molecule has 5 aliphatic rings. The molecule has 5 amide bonds. The van der Waals surface area contributed by atoms with Gasteiger partial charge in [0, 0.05) is 41.2 Å². The van der Waals surface area contributed by atoms with Gasteiger partial charge in [0.1, 0.15) is 46.8 Å². The maximum Gasteiger partial charge on any atom is 0.407 e. The van der Waals surface area contributed by atoms with E-state index in [9.17, 15) is 24.0 Å². The van der Waals surface area contributed by atoms with Crippen LogP contribution in [0.5, 0.6) is 17.4 Å². The molecule has 63 heavy (non-hydrogen) atoms. The lowest BCUT2D eigenvalue weighted by atomic mass is 9.87. The van der Waals surface area contributed by atoms with Crippen LogP contribution in [-0.2, 0) is 36.9 Å². The number of nitrogens with one attached hydrogen (secondary N) is 3. The van der Waals surface area contributed by atoms with Crippen molar-refractivity contribution in [2.45, 2.75) is 114 Å². The number of pyridine rings is 1. The van der Waals surface area contributed by atoms with E-state index in [-0.39, 0.29) is 56.3 Å². The Morgan fingerprint density at radius 2 is 1.95 bits per heavy atom. The molecule has 3 fully saturated rings. The second-order valence-corrected chi connectivity index (χ2v) is 19.0. The van der Waals surface area contributed by atoms with Crippen LogP contribution in [0.2, 0.25) is 0 Å². The van der Waals surface area contributed by atoms with Gasteiger partial charge < -0.3 is 34.5 Å². The molecule has 4 heterocycles. The molecule has 0 spiro atoms. The third-order valence-corrected chi connectivity index (χ3v) is 14.1. The van der Waals surface area contributed by atoms with E-state index in [1.807, 2.05) is 43.5 Å². The van der Waals surface area contributed by atoms with Crippen LogP contribution in [-0.4, -0.2) is 89.1 Å². The molecule has 3 N–H and O–H groups in total. The summed E-state index contributed by atoms with van der Waals surface area (Å²) in [7, 11) is 1.62. The number of methoxy groups -OCH3 is 1. The van der Waals surface area contributed by atoms with Crippen molar-refractivity contribution in [2.24, 2.45) is 17.3 Å². The van der Waals surface area contributed by atoms with Gasteiger partial charge in [-0.2, -0.15) is 0 Å². The van der Waals surface area contributed by atoms with Gasteiger partial charge in [-0.25, -0.2) is 14.8 Å². The molecule has 1 aromatic carbocycles. The number of fused-ring (bicyclic) bond motifs is 3. The first-order valence-electron chi connectivity index (χ1n) is 21.9. The van der Waals surface area contributed by atoms with Crippen molar-refractivity contribution < 1.29 is 42.9 Å². The Morgan fingerprint density at radius 1 is 1.13 bits per heavy atom. The van der Waals surface area contributed by atoms with Crippen LogP contribution >= 0.6 is 11.3 Å². The topological polar surface area (TPSA) is 187 Å². The van der Waals surface area contributed by atoms with Crippen LogP contribution in [0.1, 0.15) is 93.8 Å². The predicted octanol–water partition coefficient (Wildman–Crippen LogP) is 6.21. The summed E-state index contributed by atoms with van der Waals surface area (Å²) in [5.41, 5.74) is 0.495. The largest absolute Gasteiger partial charge is 0.496 e. The number of imide groups is 1. The molecule has 2 aromatic heterocycles. The van der Waals surface area contributed by atoms with Crippen molar-refractivity contribution in [1.29, 1.82) is 0 Å². The highest BCUT2D eigenvalue weighted by molar-refractivity contribution is 7.09. The van der Waals surface area contributed by atoms with Crippen molar-refractivity contribution in [3.05, 3.63) is 76.8 Å². The van der Waals surface area contributed by atoms with Gasteiger partial charge in [0.05, 0.1) is 31.5 Å². The van der Waals surface area contributed by atoms with E-state index < -0.39 is 53.5 Å². The zero-order valence-electron chi connectivity index (χ0n) is 36.1. The molecule has 8 rings (SSSR count). The third kappa shape index (κ3) is 9.60. The van der Waals surface area contributed by atoms with Crippen LogP contribution in [0.4, 0.5) is 4.79 Å². The number of allylic oxidation sites excluding steroid dienone is 4. The van der Waals surface area contributed by atoms with E-state index in [1.54, 1.807) is 30.6 Å². The van der Waals surface area contributed by atoms with Gasteiger partial charge in [0.25, 0.3) is 5.91 Å². The fourth-order valence-electron chi connectivity index (χ4n) is 9.46. The van der Waals surface area contributed by atoms with E-state index >= 15 is 0 Å². The predicted molar refractivity (Wildman–Crippen MR) is 235 cm³/mol. The monoisotopic (exact) mass is 880 g/mol. The summed E-state index contributed by atoms with van der Waals surface area (Å²) in [6.45, 7) is 8.19. The molecule has 15 nitrogen and oxygen atoms in total. The van der Waals surface area contributed by atoms with E-state index in [0.29, 0.717) is 34.7 Å². The molecule has 2 saturated carbocycles. The summed E-state index contributed by atoms with van der Waals surface area (Å²) in [6.07, 6.45) is 15.4. The molecule has 2 aliphatic heterocycles. The number of hydrogen-bond donors (Lipinski definition) is 3. The summed E-state index contributed by atoms with van der Waals surface area (Å²) in [6, 6.07) is 3.56. The van der Waals surface area contributed by atoms with E-state index in [1.165, 1.54) is 4.90 Å². The molecule has 2 unspecified atom stereocenters. The Kier molecular flexibility index (Phi) is 12.9. The SMILES string of the molecule is C=CC1C[C@]1(NC(=O)[C@@H]1C[C@@H]2CN1C(=O)[C@H](C1CCCC1)NC(=O)OCC(C)(C)CCCc1cc3c(cc(OCc4csc(C5C=CC=CC5)n4)nc3cc1OC)O2)C(=O)NC=O. The highest BCUT2D eigenvalue weighted by atomic mass is 32.1. The number of benzene rings is 1. The number of carbonyl (C=O) groups is 5. The number of ether oxygens (including phenoxy) is 4. The molecule has 334 valence electrons. The molecule has 3 aromatic rings. The minimum atomic E-state index is -1.40. The highest BCUT2D eigenvalue weighted by Gasteiger charge is 2.61. The molecular formula is C47H56N6O9S. The van der Waals surface area contributed by atoms with Crippen molar-refractivity contribution in [3.63, 3.8) is 0 Å². The molecule has 1 saturated heterocycles. The van der Waals surface area contributed by atoms with Gasteiger partial charge in [-0.3, -0.25) is 24.5 Å². The fraction of sp³-hybridized carbons (Fsp3) is 0.511. The second-order valence-electron chi connectivity index (χ2n) is 18.1. The molecular weight excluding hydrogens is 825 g/mol. The van der Waals surface area contributed by atoms with Crippen LogP contribution in [0.15, 0.2) is 60.5 Å². The zero-order valence-corrected chi connectivity index (χ0v) is 36.9.